The predicted octanol–water partition coefficient (Wildman–Crippen LogP) is 3.66. The summed E-state index contributed by atoms with van der Waals surface area (Å²) < 4.78 is 10.6. The van der Waals surface area contributed by atoms with Crippen LogP contribution in [0.1, 0.15) is 22.3 Å². The van der Waals surface area contributed by atoms with Gasteiger partial charge in [0.25, 0.3) is 0 Å². The molecule has 0 N–H and O–H groups in total. The van der Waals surface area contributed by atoms with Crippen molar-refractivity contribution in [1.29, 1.82) is 0 Å². The number of hydrogen-bond acceptors (Lipinski definition) is 4. The van der Waals surface area contributed by atoms with E-state index in [0.29, 0.717) is 11.6 Å². The molecule has 2 aromatic carbocycles. The molecule has 0 saturated carbocycles. The Bertz CT molecular complexity index is 817. The Balaban J connectivity index is 1.98. The summed E-state index contributed by atoms with van der Waals surface area (Å²) in [7, 11) is 1.60. The summed E-state index contributed by atoms with van der Waals surface area (Å²) in [5.74, 6) is 0.562. The van der Waals surface area contributed by atoms with Crippen molar-refractivity contribution in [1.82, 2.24) is 0 Å². The lowest BCUT2D eigenvalue weighted by atomic mass is 10.1. The van der Waals surface area contributed by atoms with Gasteiger partial charge in [-0.15, -0.1) is 0 Å². The Morgan fingerprint density at radius 1 is 1.04 bits per heavy atom. The molecule has 0 aliphatic carbocycles. The van der Waals surface area contributed by atoms with E-state index in [1.165, 1.54) is 0 Å². The van der Waals surface area contributed by atoms with Gasteiger partial charge in [0.05, 0.1) is 7.11 Å². The number of aliphatic imine (C=N–C) groups is 1. The van der Waals surface area contributed by atoms with Gasteiger partial charge in [0.2, 0.25) is 5.90 Å². The zero-order valence-corrected chi connectivity index (χ0v) is 13.3. The van der Waals surface area contributed by atoms with Crippen LogP contribution in [0.5, 0.6) is 5.75 Å². The fraction of sp³-hybridized carbons (Fsp3) is 0.158. The number of methoxy groups -OCH3 is 1. The number of rotatable bonds is 3. The Kier molecular flexibility index (Phi) is 3.98. The minimum atomic E-state index is -0.455. The molecule has 0 saturated heterocycles. The molecule has 116 valence electrons. The number of nitrogens with zero attached hydrogens (tertiary/aromatic N) is 1. The number of ether oxygens (including phenoxy) is 2. The third-order valence-electron chi connectivity index (χ3n) is 3.60. The number of benzene rings is 2. The summed E-state index contributed by atoms with van der Waals surface area (Å²) in [5, 5.41) is 0. The molecule has 23 heavy (non-hydrogen) atoms. The van der Waals surface area contributed by atoms with E-state index in [0.717, 1.165) is 22.3 Å². The summed E-state index contributed by atoms with van der Waals surface area (Å²) in [4.78, 5) is 16.4. The summed E-state index contributed by atoms with van der Waals surface area (Å²) in [6.45, 7) is 3.98. The van der Waals surface area contributed by atoms with E-state index in [1.54, 1.807) is 13.2 Å². The maximum atomic E-state index is 12.1. The Morgan fingerprint density at radius 2 is 1.74 bits per heavy atom. The SMILES string of the molecule is COc1ccc(C)cc1/C=C1/N=C(c2ccc(C)cc2)OC1=O. The molecule has 1 aliphatic rings. The minimum Gasteiger partial charge on any atom is -0.496 e. The summed E-state index contributed by atoms with van der Waals surface area (Å²) >= 11 is 0. The van der Waals surface area contributed by atoms with Crippen molar-refractivity contribution >= 4 is 17.9 Å². The molecule has 0 aromatic heterocycles. The minimum absolute atomic E-state index is 0.268. The molecule has 0 radical (unpaired) electrons. The highest BCUT2D eigenvalue weighted by Gasteiger charge is 2.24. The molecule has 2 aromatic rings. The number of aryl methyl sites for hydroxylation is 2. The topological polar surface area (TPSA) is 47.9 Å². The summed E-state index contributed by atoms with van der Waals surface area (Å²) in [6.07, 6.45) is 1.69. The highest BCUT2D eigenvalue weighted by Crippen LogP contribution is 2.25. The van der Waals surface area contributed by atoms with Crippen molar-refractivity contribution in [3.63, 3.8) is 0 Å². The van der Waals surface area contributed by atoms with Crippen LogP contribution in [-0.2, 0) is 9.53 Å². The van der Waals surface area contributed by atoms with Gasteiger partial charge in [-0.2, -0.15) is 0 Å². The van der Waals surface area contributed by atoms with Crippen molar-refractivity contribution in [2.24, 2.45) is 4.99 Å². The highest BCUT2D eigenvalue weighted by molar-refractivity contribution is 6.12. The molecule has 4 nitrogen and oxygen atoms in total. The number of hydrogen-bond donors (Lipinski definition) is 0. The average Bonchev–Trinajstić information content (AvgIpc) is 2.89. The van der Waals surface area contributed by atoms with Gasteiger partial charge in [-0.05, 0) is 44.2 Å². The van der Waals surface area contributed by atoms with Gasteiger partial charge in [-0.3, -0.25) is 0 Å². The van der Waals surface area contributed by atoms with Crippen molar-refractivity contribution < 1.29 is 14.3 Å². The molecule has 0 spiro atoms. The van der Waals surface area contributed by atoms with Crippen LogP contribution in [0.2, 0.25) is 0 Å². The van der Waals surface area contributed by atoms with Crippen LogP contribution in [0.15, 0.2) is 53.2 Å². The summed E-state index contributed by atoms with van der Waals surface area (Å²) in [6, 6.07) is 13.4. The van der Waals surface area contributed by atoms with Crippen LogP contribution in [0.3, 0.4) is 0 Å². The molecule has 3 rings (SSSR count). The lowest BCUT2D eigenvalue weighted by Gasteiger charge is -2.05. The van der Waals surface area contributed by atoms with Gasteiger partial charge < -0.3 is 9.47 Å². The number of carbonyl (C=O) groups excluding carboxylic acids is 1. The molecular weight excluding hydrogens is 290 g/mol. The Labute approximate surface area is 135 Å². The first-order chi connectivity index (χ1) is 11.1. The quantitative estimate of drug-likeness (QED) is 0.642. The number of carbonyl (C=O) groups is 1. The lowest BCUT2D eigenvalue weighted by molar-refractivity contribution is -0.129. The molecular formula is C19H17NO3. The van der Waals surface area contributed by atoms with Gasteiger partial charge in [-0.25, -0.2) is 9.79 Å². The van der Waals surface area contributed by atoms with Crippen molar-refractivity contribution in [2.45, 2.75) is 13.8 Å². The van der Waals surface area contributed by atoms with Gasteiger partial charge in [0.15, 0.2) is 5.70 Å². The second kappa shape index (κ2) is 6.08. The molecule has 0 bridgehead atoms. The Hall–Kier alpha value is -2.88. The monoisotopic (exact) mass is 307 g/mol. The predicted molar refractivity (Wildman–Crippen MR) is 89.5 cm³/mol. The van der Waals surface area contributed by atoms with Crippen molar-refractivity contribution in [3.05, 3.63) is 70.4 Å². The molecule has 0 atom stereocenters. The van der Waals surface area contributed by atoms with E-state index in [1.807, 2.05) is 56.3 Å². The van der Waals surface area contributed by atoms with E-state index in [2.05, 4.69) is 4.99 Å². The van der Waals surface area contributed by atoms with Crippen LogP contribution >= 0.6 is 0 Å². The molecule has 1 aliphatic heterocycles. The second-order valence-electron chi connectivity index (χ2n) is 5.45. The fourth-order valence-corrected chi connectivity index (χ4v) is 2.34. The first-order valence-electron chi connectivity index (χ1n) is 7.31. The lowest BCUT2D eigenvalue weighted by Crippen LogP contribution is -2.05. The first kappa shape index (κ1) is 15.0. The summed E-state index contributed by atoms with van der Waals surface area (Å²) in [5.41, 5.74) is 4.06. The van der Waals surface area contributed by atoms with E-state index in [4.69, 9.17) is 9.47 Å². The van der Waals surface area contributed by atoms with E-state index >= 15 is 0 Å². The Morgan fingerprint density at radius 3 is 2.43 bits per heavy atom. The fourth-order valence-electron chi connectivity index (χ4n) is 2.34. The second-order valence-corrected chi connectivity index (χ2v) is 5.45. The molecule has 0 amide bonds. The zero-order valence-electron chi connectivity index (χ0n) is 13.3. The van der Waals surface area contributed by atoms with E-state index in [9.17, 15) is 4.79 Å². The third kappa shape index (κ3) is 3.16. The van der Waals surface area contributed by atoms with Gasteiger partial charge >= 0.3 is 5.97 Å². The third-order valence-corrected chi connectivity index (χ3v) is 3.60. The van der Waals surface area contributed by atoms with Crippen LogP contribution in [0, 0.1) is 13.8 Å². The van der Waals surface area contributed by atoms with Crippen LogP contribution in [-0.4, -0.2) is 19.0 Å². The maximum Gasteiger partial charge on any atom is 0.363 e. The van der Waals surface area contributed by atoms with E-state index < -0.39 is 5.97 Å². The first-order valence-corrected chi connectivity index (χ1v) is 7.31. The largest absolute Gasteiger partial charge is 0.496 e. The molecule has 0 unspecified atom stereocenters. The van der Waals surface area contributed by atoms with Crippen molar-refractivity contribution in [3.8, 4) is 5.75 Å². The average molecular weight is 307 g/mol. The van der Waals surface area contributed by atoms with E-state index in [-0.39, 0.29) is 5.70 Å². The normalized spacial score (nSPS) is 15.5. The van der Waals surface area contributed by atoms with Gasteiger partial charge in [-0.1, -0.05) is 29.3 Å². The van der Waals surface area contributed by atoms with Gasteiger partial charge in [0.1, 0.15) is 5.75 Å². The maximum absolute atomic E-state index is 12.1. The van der Waals surface area contributed by atoms with Crippen LogP contribution in [0.4, 0.5) is 0 Å². The van der Waals surface area contributed by atoms with Crippen molar-refractivity contribution in [2.75, 3.05) is 7.11 Å². The number of esters is 1. The van der Waals surface area contributed by atoms with Crippen LogP contribution < -0.4 is 4.74 Å². The molecule has 4 heteroatoms. The highest BCUT2D eigenvalue weighted by atomic mass is 16.6. The smallest absolute Gasteiger partial charge is 0.363 e. The number of cyclic esters (lactones) is 1. The van der Waals surface area contributed by atoms with Gasteiger partial charge in [0, 0.05) is 11.1 Å². The standard InChI is InChI=1S/C19H17NO3/c1-12-4-7-14(8-5-12)18-20-16(19(21)23-18)11-15-10-13(2)6-9-17(15)22-3/h4-11H,1-3H3/b16-11+. The van der Waals surface area contributed by atoms with Crippen LogP contribution in [0.25, 0.3) is 6.08 Å². The molecule has 0 fully saturated rings. The molecule has 1 heterocycles. The zero-order chi connectivity index (χ0) is 16.4.